The van der Waals surface area contributed by atoms with Crippen LogP contribution in [0.5, 0.6) is 0 Å². The summed E-state index contributed by atoms with van der Waals surface area (Å²) in [6.45, 7) is 2.62. The number of carbonyl (C=O) groups excluding carboxylic acids is 1. The topological polar surface area (TPSA) is 73.0 Å². The number of nitrogens with zero attached hydrogens (tertiary/aromatic N) is 3. The number of carbonyl (C=O) groups is 1. The van der Waals surface area contributed by atoms with E-state index >= 15 is 0 Å². The van der Waals surface area contributed by atoms with Crippen molar-refractivity contribution >= 4 is 17.7 Å². The number of nitrogens with one attached hydrogen (secondary N) is 1. The van der Waals surface area contributed by atoms with Crippen LogP contribution < -0.4 is 5.32 Å². The summed E-state index contributed by atoms with van der Waals surface area (Å²) in [5.74, 6) is 2.16. The van der Waals surface area contributed by atoms with Crippen molar-refractivity contribution in [3.8, 4) is 17.3 Å². The number of hydrogen-bond donors (Lipinski definition) is 1. The molecule has 0 bridgehead atoms. The summed E-state index contributed by atoms with van der Waals surface area (Å²) in [5.41, 5.74) is 3.24. The maximum absolute atomic E-state index is 12.2. The summed E-state index contributed by atoms with van der Waals surface area (Å²) in [5, 5.41) is 12.5. The van der Waals surface area contributed by atoms with Crippen molar-refractivity contribution in [1.82, 2.24) is 20.1 Å². The Labute approximate surface area is 185 Å². The van der Waals surface area contributed by atoms with Crippen LogP contribution in [-0.2, 0) is 11.3 Å². The minimum Gasteiger partial charge on any atom is -0.461 e. The molecule has 2 heterocycles. The van der Waals surface area contributed by atoms with Crippen LogP contribution in [0.4, 0.5) is 0 Å². The Bertz CT molecular complexity index is 1120. The molecule has 2 aromatic carbocycles. The number of benzene rings is 2. The molecule has 0 spiro atoms. The molecule has 4 rings (SSSR count). The molecular formula is C24H24N4O2S. The Morgan fingerprint density at radius 1 is 1.03 bits per heavy atom. The van der Waals surface area contributed by atoms with Gasteiger partial charge in [-0.1, -0.05) is 60.3 Å². The highest BCUT2D eigenvalue weighted by Crippen LogP contribution is 2.30. The molecule has 0 aliphatic heterocycles. The Hall–Kier alpha value is -3.32. The van der Waals surface area contributed by atoms with Crippen molar-refractivity contribution in [3.05, 3.63) is 84.1 Å². The van der Waals surface area contributed by atoms with E-state index in [0.717, 1.165) is 34.1 Å². The summed E-state index contributed by atoms with van der Waals surface area (Å²) in [7, 11) is 0. The summed E-state index contributed by atoms with van der Waals surface area (Å²) >= 11 is 1.59. The maximum Gasteiger partial charge on any atom is 0.220 e. The van der Waals surface area contributed by atoms with Gasteiger partial charge in [-0.2, -0.15) is 0 Å². The number of furan rings is 1. The van der Waals surface area contributed by atoms with Crippen LogP contribution in [0, 0.1) is 6.92 Å². The fourth-order valence-electron chi connectivity index (χ4n) is 3.24. The van der Waals surface area contributed by atoms with E-state index in [-0.39, 0.29) is 5.91 Å². The second-order valence-electron chi connectivity index (χ2n) is 7.12. The van der Waals surface area contributed by atoms with Crippen LogP contribution in [0.1, 0.15) is 24.0 Å². The SMILES string of the molecule is Cc1ccccc1-n1c(SCCCC(=O)NCc2ccccc2)nnc1-c1ccco1. The highest BCUT2D eigenvalue weighted by Gasteiger charge is 2.19. The van der Waals surface area contributed by atoms with E-state index < -0.39 is 0 Å². The van der Waals surface area contributed by atoms with Crippen LogP contribution in [0.15, 0.2) is 82.6 Å². The van der Waals surface area contributed by atoms with E-state index in [1.807, 2.05) is 65.2 Å². The molecule has 2 aromatic heterocycles. The zero-order chi connectivity index (χ0) is 21.5. The van der Waals surface area contributed by atoms with Crippen LogP contribution in [0.3, 0.4) is 0 Å². The van der Waals surface area contributed by atoms with E-state index in [9.17, 15) is 4.79 Å². The minimum absolute atomic E-state index is 0.0566. The normalized spacial score (nSPS) is 10.9. The van der Waals surface area contributed by atoms with Crippen LogP contribution in [-0.4, -0.2) is 26.4 Å². The number of aromatic nitrogens is 3. The van der Waals surface area contributed by atoms with Gasteiger partial charge in [0.05, 0.1) is 12.0 Å². The van der Waals surface area contributed by atoms with E-state index in [2.05, 4.69) is 28.5 Å². The van der Waals surface area contributed by atoms with Gasteiger partial charge in [-0.3, -0.25) is 9.36 Å². The van der Waals surface area contributed by atoms with Crippen molar-refractivity contribution in [2.75, 3.05) is 5.75 Å². The smallest absolute Gasteiger partial charge is 0.220 e. The zero-order valence-corrected chi connectivity index (χ0v) is 18.1. The first kappa shape index (κ1) is 20.9. The van der Waals surface area contributed by atoms with Gasteiger partial charge in [0.15, 0.2) is 10.9 Å². The second kappa shape index (κ2) is 10.1. The summed E-state index contributed by atoms with van der Waals surface area (Å²) in [4.78, 5) is 12.2. The predicted octanol–water partition coefficient (Wildman–Crippen LogP) is 5.02. The van der Waals surface area contributed by atoms with Crippen LogP contribution in [0.25, 0.3) is 17.3 Å². The number of rotatable bonds is 9. The van der Waals surface area contributed by atoms with Gasteiger partial charge < -0.3 is 9.73 Å². The van der Waals surface area contributed by atoms with Crippen molar-refractivity contribution in [2.24, 2.45) is 0 Å². The fraction of sp³-hybridized carbons (Fsp3) is 0.208. The quantitative estimate of drug-likeness (QED) is 0.297. The number of hydrogen-bond acceptors (Lipinski definition) is 5. The van der Waals surface area contributed by atoms with E-state index in [4.69, 9.17) is 4.42 Å². The van der Waals surface area contributed by atoms with Crippen molar-refractivity contribution < 1.29 is 9.21 Å². The van der Waals surface area contributed by atoms with Gasteiger partial charge in [-0.15, -0.1) is 10.2 Å². The molecule has 0 radical (unpaired) electrons. The first-order valence-electron chi connectivity index (χ1n) is 10.2. The highest BCUT2D eigenvalue weighted by molar-refractivity contribution is 7.99. The third-order valence-corrected chi connectivity index (χ3v) is 5.86. The third-order valence-electron chi connectivity index (χ3n) is 4.84. The molecule has 158 valence electrons. The Balaban J connectivity index is 1.39. The minimum atomic E-state index is 0.0566. The van der Waals surface area contributed by atoms with E-state index in [0.29, 0.717) is 24.6 Å². The molecule has 1 N–H and O–H groups in total. The lowest BCUT2D eigenvalue weighted by Crippen LogP contribution is -2.22. The van der Waals surface area contributed by atoms with Crippen LogP contribution >= 0.6 is 11.8 Å². The monoisotopic (exact) mass is 432 g/mol. The van der Waals surface area contributed by atoms with E-state index in [1.54, 1.807) is 18.0 Å². The molecule has 0 saturated heterocycles. The number of para-hydroxylation sites is 1. The molecule has 0 saturated carbocycles. The largest absolute Gasteiger partial charge is 0.461 e. The molecule has 0 unspecified atom stereocenters. The average molecular weight is 433 g/mol. The molecule has 0 aliphatic carbocycles. The van der Waals surface area contributed by atoms with Crippen molar-refractivity contribution in [3.63, 3.8) is 0 Å². The van der Waals surface area contributed by atoms with Gasteiger partial charge in [0.2, 0.25) is 11.7 Å². The third kappa shape index (κ3) is 5.24. The molecule has 6 nitrogen and oxygen atoms in total. The number of aryl methyl sites for hydroxylation is 1. The number of amides is 1. The fourth-order valence-corrected chi connectivity index (χ4v) is 4.13. The number of thioether (sulfide) groups is 1. The van der Waals surface area contributed by atoms with Gasteiger partial charge in [0, 0.05) is 18.7 Å². The van der Waals surface area contributed by atoms with Gasteiger partial charge in [-0.25, -0.2) is 0 Å². The molecule has 1 amide bonds. The Morgan fingerprint density at radius 2 is 1.84 bits per heavy atom. The first-order chi connectivity index (χ1) is 15.2. The summed E-state index contributed by atoms with van der Waals surface area (Å²) in [6.07, 6.45) is 2.86. The average Bonchev–Trinajstić information content (AvgIpc) is 3.46. The standard InChI is InChI=1S/C24H24N4O2S/c1-18-9-5-6-12-20(18)28-23(21-13-7-15-30-21)26-27-24(28)31-16-8-14-22(29)25-17-19-10-3-2-4-11-19/h2-7,9-13,15H,8,14,16-17H2,1H3,(H,25,29). The van der Waals surface area contributed by atoms with Crippen molar-refractivity contribution in [2.45, 2.75) is 31.5 Å². The molecule has 0 aliphatic rings. The lowest BCUT2D eigenvalue weighted by molar-refractivity contribution is -0.121. The highest BCUT2D eigenvalue weighted by atomic mass is 32.2. The second-order valence-corrected chi connectivity index (χ2v) is 8.18. The van der Waals surface area contributed by atoms with Gasteiger partial charge in [0.1, 0.15) is 0 Å². The molecule has 31 heavy (non-hydrogen) atoms. The van der Waals surface area contributed by atoms with Gasteiger partial charge in [0.25, 0.3) is 0 Å². The Morgan fingerprint density at radius 3 is 2.61 bits per heavy atom. The Kier molecular flexibility index (Phi) is 6.84. The summed E-state index contributed by atoms with van der Waals surface area (Å²) in [6, 6.07) is 21.8. The maximum atomic E-state index is 12.2. The zero-order valence-electron chi connectivity index (χ0n) is 17.3. The predicted molar refractivity (Wildman–Crippen MR) is 122 cm³/mol. The lowest BCUT2D eigenvalue weighted by Gasteiger charge is -2.11. The molecule has 7 heteroatoms. The van der Waals surface area contributed by atoms with Gasteiger partial charge in [-0.05, 0) is 42.7 Å². The molecule has 4 aromatic rings. The summed E-state index contributed by atoms with van der Waals surface area (Å²) < 4.78 is 7.59. The van der Waals surface area contributed by atoms with Gasteiger partial charge >= 0.3 is 0 Å². The molecule has 0 fully saturated rings. The lowest BCUT2D eigenvalue weighted by atomic mass is 10.2. The van der Waals surface area contributed by atoms with Crippen LogP contribution in [0.2, 0.25) is 0 Å². The first-order valence-corrected chi connectivity index (χ1v) is 11.2. The molecule has 0 atom stereocenters. The van der Waals surface area contributed by atoms with Crippen molar-refractivity contribution in [1.29, 1.82) is 0 Å². The van der Waals surface area contributed by atoms with E-state index in [1.165, 1.54) is 0 Å². The molecular weight excluding hydrogens is 408 g/mol.